The normalized spacial score (nSPS) is 10.6. The van der Waals surface area contributed by atoms with Crippen molar-refractivity contribution in [3.8, 4) is 11.8 Å². The van der Waals surface area contributed by atoms with Gasteiger partial charge < -0.3 is 5.32 Å². The van der Waals surface area contributed by atoms with Gasteiger partial charge in [0.1, 0.15) is 22.6 Å². The van der Waals surface area contributed by atoms with Crippen LogP contribution in [0.15, 0.2) is 35.6 Å². The molecule has 0 aliphatic rings. The summed E-state index contributed by atoms with van der Waals surface area (Å²) in [5.74, 6) is -0.728. The Kier molecular flexibility index (Phi) is 5.11. The monoisotopic (exact) mass is 386 g/mol. The van der Waals surface area contributed by atoms with Crippen molar-refractivity contribution in [2.45, 2.75) is 19.0 Å². The van der Waals surface area contributed by atoms with Crippen molar-refractivity contribution in [1.82, 2.24) is 9.55 Å². The number of nitrogens with one attached hydrogen (secondary N) is 1. The van der Waals surface area contributed by atoms with Crippen LogP contribution >= 0.6 is 23.1 Å². The summed E-state index contributed by atoms with van der Waals surface area (Å²) in [6.45, 7) is 3.76. The first kappa shape index (κ1) is 18.2. The minimum absolute atomic E-state index is 0.313. The van der Waals surface area contributed by atoms with Crippen LogP contribution in [0.25, 0.3) is 5.69 Å². The van der Waals surface area contributed by atoms with Gasteiger partial charge in [-0.25, -0.2) is 9.37 Å². The maximum Gasteiger partial charge on any atom is 0.274 e. The number of amides is 1. The molecular weight excluding hydrogens is 371 g/mol. The minimum atomic E-state index is -0.375. The van der Waals surface area contributed by atoms with Crippen LogP contribution in [-0.4, -0.2) is 21.7 Å². The van der Waals surface area contributed by atoms with Gasteiger partial charge in [-0.2, -0.15) is 5.26 Å². The summed E-state index contributed by atoms with van der Waals surface area (Å²) in [5.41, 5.74) is 2.29. The van der Waals surface area contributed by atoms with E-state index in [4.69, 9.17) is 0 Å². The molecule has 2 heterocycles. The number of benzene rings is 1. The highest BCUT2D eigenvalue weighted by molar-refractivity contribution is 7.98. The summed E-state index contributed by atoms with van der Waals surface area (Å²) in [4.78, 5) is 18.1. The first-order valence-corrected chi connectivity index (χ1v) is 9.69. The molecule has 0 unspecified atom stereocenters. The largest absolute Gasteiger partial charge is 0.311 e. The van der Waals surface area contributed by atoms with Crippen molar-refractivity contribution < 1.29 is 9.18 Å². The Morgan fingerprint density at radius 3 is 2.65 bits per heavy atom. The third-order valence-electron chi connectivity index (χ3n) is 3.95. The Hall–Kier alpha value is -2.63. The van der Waals surface area contributed by atoms with Crippen molar-refractivity contribution in [2.24, 2.45) is 0 Å². The molecule has 0 spiro atoms. The molecule has 0 aliphatic carbocycles. The van der Waals surface area contributed by atoms with Gasteiger partial charge in [-0.3, -0.25) is 9.36 Å². The first-order valence-electron chi connectivity index (χ1n) is 7.65. The first-order chi connectivity index (χ1) is 12.5. The number of thioether (sulfide) groups is 1. The highest BCUT2D eigenvalue weighted by atomic mass is 32.2. The number of nitrogens with zero attached hydrogens (tertiary/aromatic N) is 3. The fourth-order valence-electron chi connectivity index (χ4n) is 2.50. The van der Waals surface area contributed by atoms with Crippen molar-refractivity contribution in [3.63, 3.8) is 0 Å². The third kappa shape index (κ3) is 3.23. The van der Waals surface area contributed by atoms with Crippen LogP contribution in [0.4, 0.5) is 9.39 Å². The van der Waals surface area contributed by atoms with Gasteiger partial charge >= 0.3 is 0 Å². The summed E-state index contributed by atoms with van der Waals surface area (Å²) in [6, 6.07) is 7.99. The standard InChI is InChI=1S/C18H15FN4OS2/c1-10-11(2)26-17(14(10)8-20)22-16(24)15-9-21-18(25-3)23(15)13-6-4-12(19)5-7-13/h4-7,9H,1-3H3,(H,22,24). The fraction of sp³-hybridized carbons (Fsp3) is 0.167. The SMILES string of the molecule is CSc1ncc(C(=O)Nc2sc(C)c(C)c2C#N)n1-c1ccc(F)cc1. The van der Waals surface area contributed by atoms with Gasteiger partial charge in [-0.15, -0.1) is 11.3 Å². The molecule has 0 bridgehead atoms. The van der Waals surface area contributed by atoms with Crippen molar-refractivity contribution in [1.29, 1.82) is 5.26 Å². The molecule has 0 saturated heterocycles. The zero-order valence-electron chi connectivity index (χ0n) is 14.3. The molecule has 0 radical (unpaired) electrons. The Morgan fingerprint density at radius 2 is 2.04 bits per heavy atom. The van der Waals surface area contributed by atoms with Gasteiger partial charge in [-0.1, -0.05) is 11.8 Å². The van der Waals surface area contributed by atoms with E-state index in [0.717, 1.165) is 10.4 Å². The molecule has 5 nitrogen and oxygen atoms in total. The molecule has 8 heteroatoms. The van der Waals surface area contributed by atoms with E-state index in [9.17, 15) is 14.4 Å². The fourth-order valence-corrected chi connectivity index (χ4v) is 4.05. The second-order valence-electron chi connectivity index (χ2n) is 5.50. The number of anilines is 1. The number of carbonyl (C=O) groups excluding carboxylic acids is 1. The average molecular weight is 386 g/mol. The second kappa shape index (κ2) is 7.32. The molecule has 2 aromatic heterocycles. The zero-order valence-corrected chi connectivity index (χ0v) is 16.0. The zero-order chi connectivity index (χ0) is 18.8. The molecule has 26 heavy (non-hydrogen) atoms. The lowest BCUT2D eigenvalue weighted by molar-refractivity contribution is 0.102. The van der Waals surface area contributed by atoms with E-state index < -0.39 is 0 Å². The van der Waals surface area contributed by atoms with Gasteiger partial charge in [0.05, 0.1) is 11.8 Å². The predicted molar refractivity (Wildman–Crippen MR) is 102 cm³/mol. The van der Waals surface area contributed by atoms with Crippen LogP contribution in [0.5, 0.6) is 0 Å². The van der Waals surface area contributed by atoms with E-state index in [1.54, 1.807) is 16.7 Å². The van der Waals surface area contributed by atoms with Crippen LogP contribution in [-0.2, 0) is 0 Å². The highest BCUT2D eigenvalue weighted by Crippen LogP contribution is 2.32. The molecular formula is C18H15FN4OS2. The number of aryl methyl sites for hydroxylation is 1. The van der Waals surface area contributed by atoms with Gasteiger partial charge in [0, 0.05) is 10.6 Å². The molecule has 1 amide bonds. The second-order valence-corrected chi connectivity index (χ2v) is 7.49. The smallest absolute Gasteiger partial charge is 0.274 e. The van der Waals surface area contributed by atoms with Crippen molar-refractivity contribution in [2.75, 3.05) is 11.6 Å². The quantitative estimate of drug-likeness (QED) is 0.669. The Bertz CT molecular complexity index is 1020. The minimum Gasteiger partial charge on any atom is -0.311 e. The summed E-state index contributed by atoms with van der Waals surface area (Å²) in [6.07, 6.45) is 3.33. The molecule has 1 N–H and O–H groups in total. The topological polar surface area (TPSA) is 70.7 Å². The van der Waals surface area contributed by atoms with Gasteiger partial charge in [0.15, 0.2) is 5.16 Å². The highest BCUT2D eigenvalue weighted by Gasteiger charge is 2.21. The predicted octanol–water partition coefficient (Wildman–Crippen LogP) is 4.54. The average Bonchev–Trinajstić information content (AvgIpc) is 3.17. The van der Waals surface area contributed by atoms with E-state index in [2.05, 4.69) is 16.4 Å². The lowest BCUT2D eigenvalue weighted by Crippen LogP contribution is -2.16. The van der Waals surface area contributed by atoms with E-state index in [-0.39, 0.29) is 11.7 Å². The van der Waals surface area contributed by atoms with Gasteiger partial charge in [-0.05, 0) is 49.9 Å². The Morgan fingerprint density at radius 1 is 1.35 bits per heavy atom. The molecule has 132 valence electrons. The van der Waals surface area contributed by atoms with E-state index in [1.807, 2.05) is 20.1 Å². The number of rotatable bonds is 4. The summed E-state index contributed by atoms with van der Waals surface area (Å²) in [5, 5.41) is 13.3. The van der Waals surface area contributed by atoms with Crippen LogP contribution in [0, 0.1) is 31.0 Å². The summed E-state index contributed by atoms with van der Waals surface area (Å²) < 4.78 is 14.9. The molecule has 0 fully saturated rings. The maximum atomic E-state index is 13.2. The van der Waals surface area contributed by atoms with Crippen LogP contribution < -0.4 is 5.32 Å². The number of aromatic nitrogens is 2. The van der Waals surface area contributed by atoms with Crippen molar-refractivity contribution >= 4 is 34.0 Å². The Labute approximate surface area is 158 Å². The number of thiophene rings is 1. The van der Waals surface area contributed by atoms with Gasteiger partial charge in [0.25, 0.3) is 5.91 Å². The van der Waals surface area contributed by atoms with E-state index in [1.165, 1.54) is 41.4 Å². The molecule has 0 saturated carbocycles. The van der Waals surface area contributed by atoms with E-state index >= 15 is 0 Å². The maximum absolute atomic E-state index is 13.2. The van der Waals surface area contributed by atoms with Crippen molar-refractivity contribution in [3.05, 3.63) is 58.0 Å². The lowest BCUT2D eigenvalue weighted by Gasteiger charge is -2.11. The van der Waals surface area contributed by atoms with Crippen LogP contribution in [0.2, 0.25) is 0 Å². The number of hydrogen-bond donors (Lipinski definition) is 1. The summed E-state index contributed by atoms with van der Waals surface area (Å²) >= 11 is 2.75. The number of hydrogen-bond acceptors (Lipinski definition) is 5. The molecule has 1 aromatic carbocycles. The van der Waals surface area contributed by atoms with Gasteiger partial charge in [0.2, 0.25) is 0 Å². The number of carbonyl (C=O) groups is 1. The molecule has 3 rings (SSSR count). The lowest BCUT2D eigenvalue weighted by atomic mass is 10.2. The summed E-state index contributed by atoms with van der Waals surface area (Å²) in [7, 11) is 0. The number of halogens is 1. The molecule has 0 aliphatic heterocycles. The van der Waals surface area contributed by atoms with Crippen LogP contribution in [0.3, 0.4) is 0 Å². The molecule has 0 atom stereocenters. The van der Waals surface area contributed by atoms with E-state index in [0.29, 0.717) is 27.1 Å². The Balaban J connectivity index is 2.01. The number of nitriles is 1. The number of imidazole rings is 1. The third-order valence-corrected chi connectivity index (χ3v) is 5.73. The molecule has 3 aromatic rings. The van der Waals surface area contributed by atoms with Crippen LogP contribution in [0.1, 0.15) is 26.5 Å².